The lowest BCUT2D eigenvalue weighted by Crippen LogP contribution is -2.20. The largest absolute Gasteiger partial charge is 0.573 e. The molecule has 9 heteroatoms. The molecule has 1 heterocycles. The lowest BCUT2D eigenvalue weighted by Gasteiger charge is -2.17. The molecule has 3 nitrogen and oxygen atoms in total. The number of rotatable bonds is 4. The highest BCUT2D eigenvalue weighted by Gasteiger charge is 2.34. The fraction of sp³-hybridized carbons (Fsp3) is 0.400. The molecular weight excluding hydrogens is 295 g/mol. The molecule has 104 valence electrons. The number of nitrogens with zero attached hydrogens (tertiary/aromatic N) is 2. The van der Waals surface area contributed by atoms with Crippen molar-refractivity contribution in [1.29, 1.82) is 5.26 Å². The first kappa shape index (κ1) is 15.4. The van der Waals surface area contributed by atoms with E-state index in [4.69, 9.17) is 16.9 Å². The summed E-state index contributed by atoms with van der Waals surface area (Å²) in [5, 5.41) is 8.49. The third kappa shape index (κ3) is 3.92. The van der Waals surface area contributed by atoms with Gasteiger partial charge in [-0.25, -0.2) is 8.78 Å². The molecule has 0 saturated heterocycles. The third-order valence-corrected chi connectivity index (χ3v) is 2.33. The molecule has 0 saturated carbocycles. The van der Waals surface area contributed by atoms with Crippen molar-refractivity contribution in [3.8, 4) is 11.8 Å². The molecule has 0 aliphatic rings. The van der Waals surface area contributed by atoms with Crippen molar-refractivity contribution in [3.05, 3.63) is 23.0 Å². The van der Waals surface area contributed by atoms with E-state index in [2.05, 4.69) is 9.72 Å². The van der Waals surface area contributed by atoms with Gasteiger partial charge in [-0.2, -0.15) is 5.26 Å². The predicted molar refractivity (Wildman–Crippen MR) is 54.8 cm³/mol. The van der Waals surface area contributed by atoms with Gasteiger partial charge in [-0.15, -0.1) is 24.8 Å². The zero-order chi connectivity index (χ0) is 14.6. The fourth-order valence-corrected chi connectivity index (χ4v) is 1.62. The lowest BCUT2D eigenvalue weighted by molar-refractivity contribution is -0.275. The van der Waals surface area contributed by atoms with E-state index in [9.17, 15) is 22.0 Å². The number of nitriles is 1. The van der Waals surface area contributed by atoms with E-state index < -0.39 is 42.1 Å². The summed E-state index contributed by atoms with van der Waals surface area (Å²) in [7, 11) is 0. The number of pyridine rings is 1. The van der Waals surface area contributed by atoms with Crippen LogP contribution < -0.4 is 4.74 Å². The van der Waals surface area contributed by atoms with E-state index in [1.54, 1.807) is 6.07 Å². The van der Waals surface area contributed by atoms with Crippen LogP contribution in [0.2, 0.25) is 0 Å². The molecule has 0 aliphatic heterocycles. The number of hydrogen-bond donors (Lipinski definition) is 0. The molecule has 0 spiro atoms. The highest BCUT2D eigenvalue weighted by molar-refractivity contribution is 6.17. The number of alkyl halides is 6. The van der Waals surface area contributed by atoms with Crippen LogP contribution in [-0.4, -0.2) is 11.3 Å². The van der Waals surface area contributed by atoms with Crippen LogP contribution in [0.25, 0.3) is 0 Å². The van der Waals surface area contributed by atoms with E-state index in [0.29, 0.717) is 0 Å². The van der Waals surface area contributed by atoms with Crippen molar-refractivity contribution in [2.24, 2.45) is 0 Å². The van der Waals surface area contributed by atoms with Crippen molar-refractivity contribution >= 4 is 11.6 Å². The molecule has 0 amide bonds. The molecule has 0 bridgehead atoms. The van der Waals surface area contributed by atoms with Gasteiger partial charge < -0.3 is 4.74 Å². The standard InChI is InChI=1S/C10H6ClF5N2O/c11-3-6-7(9(12)13)18-4-5(1-2-17)8(6)19-10(14,15)16/h4,9H,1,3H2. The van der Waals surface area contributed by atoms with Crippen LogP contribution in [0.3, 0.4) is 0 Å². The van der Waals surface area contributed by atoms with Gasteiger partial charge in [-0.3, -0.25) is 4.98 Å². The third-order valence-electron chi connectivity index (χ3n) is 2.06. The molecular formula is C10H6ClF5N2O. The summed E-state index contributed by atoms with van der Waals surface area (Å²) in [5.74, 6) is -1.52. The van der Waals surface area contributed by atoms with Crippen molar-refractivity contribution in [3.63, 3.8) is 0 Å². The first-order valence-electron chi connectivity index (χ1n) is 4.77. The summed E-state index contributed by atoms with van der Waals surface area (Å²) in [5.41, 5.74) is -1.71. The van der Waals surface area contributed by atoms with Crippen LogP contribution in [0.15, 0.2) is 6.20 Å². The van der Waals surface area contributed by atoms with Gasteiger partial charge in [0.1, 0.15) is 11.4 Å². The first-order chi connectivity index (χ1) is 8.80. The average molecular weight is 301 g/mol. The molecule has 0 atom stereocenters. The Morgan fingerprint density at radius 3 is 2.47 bits per heavy atom. The van der Waals surface area contributed by atoms with Crippen molar-refractivity contribution in [2.75, 3.05) is 0 Å². The van der Waals surface area contributed by atoms with Gasteiger partial charge in [-0.1, -0.05) is 0 Å². The molecule has 1 aromatic rings. The average Bonchev–Trinajstić information content (AvgIpc) is 2.29. The molecule has 0 radical (unpaired) electrons. The normalized spacial score (nSPS) is 11.5. The van der Waals surface area contributed by atoms with Gasteiger partial charge in [0.05, 0.1) is 18.4 Å². The van der Waals surface area contributed by atoms with E-state index in [1.165, 1.54) is 0 Å². The number of hydrogen-bond acceptors (Lipinski definition) is 3. The van der Waals surface area contributed by atoms with Crippen molar-refractivity contribution in [1.82, 2.24) is 4.98 Å². The summed E-state index contributed by atoms with van der Waals surface area (Å²) < 4.78 is 65.7. The van der Waals surface area contributed by atoms with Crippen LogP contribution in [0, 0.1) is 11.3 Å². The summed E-state index contributed by atoms with van der Waals surface area (Å²) >= 11 is 5.38. The zero-order valence-corrected chi connectivity index (χ0v) is 9.90. The Morgan fingerprint density at radius 2 is 2.05 bits per heavy atom. The molecule has 0 unspecified atom stereocenters. The van der Waals surface area contributed by atoms with Gasteiger partial charge in [0.2, 0.25) is 0 Å². The Balaban J connectivity index is 3.41. The van der Waals surface area contributed by atoms with Gasteiger partial charge in [0.25, 0.3) is 6.43 Å². The maximum absolute atomic E-state index is 12.6. The van der Waals surface area contributed by atoms with Crippen molar-refractivity contribution in [2.45, 2.75) is 25.1 Å². The second-order valence-electron chi connectivity index (χ2n) is 3.29. The number of halogens is 6. The minimum absolute atomic E-state index is 0.250. The fourth-order valence-electron chi connectivity index (χ4n) is 1.37. The molecule has 1 rings (SSSR count). The minimum atomic E-state index is -5.08. The smallest absolute Gasteiger partial charge is 0.405 e. The topological polar surface area (TPSA) is 45.9 Å². The molecule has 0 aromatic carbocycles. The van der Waals surface area contributed by atoms with Crippen LogP contribution in [-0.2, 0) is 12.3 Å². The molecule has 0 fully saturated rings. The second kappa shape index (κ2) is 6.02. The Bertz CT molecular complexity index is 498. The van der Waals surface area contributed by atoms with Gasteiger partial charge in [0.15, 0.2) is 0 Å². The molecule has 0 aliphatic carbocycles. The molecule has 19 heavy (non-hydrogen) atoms. The summed E-state index contributed by atoms with van der Waals surface area (Å²) in [6.07, 6.45) is -7.89. The summed E-state index contributed by atoms with van der Waals surface area (Å²) in [4.78, 5) is 3.33. The van der Waals surface area contributed by atoms with Crippen LogP contribution in [0.4, 0.5) is 22.0 Å². The monoisotopic (exact) mass is 300 g/mol. The highest BCUT2D eigenvalue weighted by Crippen LogP contribution is 2.35. The molecule has 1 aromatic heterocycles. The van der Waals surface area contributed by atoms with E-state index in [0.717, 1.165) is 6.20 Å². The maximum atomic E-state index is 12.6. The summed E-state index contributed by atoms with van der Waals surface area (Å²) in [6, 6.07) is 1.59. The second-order valence-corrected chi connectivity index (χ2v) is 3.56. The predicted octanol–water partition coefficient (Wildman–Crippen LogP) is 3.72. The van der Waals surface area contributed by atoms with E-state index >= 15 is 0 Å². The molecule has 0 N–H and O–H groups in total. The summed E-state index contributed by atoms with van der Waals surface area (Å²) in [6.45, 7) is 0. The SMILES string of the molecule is N#CCc1cnc(C(F)F)c(CCl)c1OC(F)(F)F. The maximum Gasteiger partial charge on any atom is 0.573 e. The van der Waals surface area contributed by atoms with E-state index in [1.807, 2.05) is 0 Å². The van der Waals surface area contributed by atoms with E-state index in [-0.39, 0.29) is 5.56 Å². The van der Waals surface area contributed by atoms with Gasteiger partial charge in [0, 0.05) is 17.3 Å². The lowest BCUT2D eigenvalue weighted by atomic mass is 10.1. The number of ether oxygens (including phenoxy) is 1. The van der Waals surface area contributed by atoms with Crippen molar-refractivity contribution < 1.29 is 26.7 Å². The van der Waals surface area contributed by atoms with Gasteiger partial charge >= 0.3 is 6.36 Å². The van der Waals surface area contributed by atoms with Crippen LogP contribution in [0.5, 0.6) is 5.75 Å². The first-order valence-corrected chi connectivity index (χ1v) is 5.31. The van der Waals surface area contributed by atoms with Gasteiger partial charge in [-0.05, 0) is 0 Å². The number of aromatic nitrogens is 1. The Hall–Kier alpha value is -1.62. The minimum Gasteiger partial charge on any atom is -0.405 e. The quantitative estimate of drug-likeness (QED) is 0.629. The highest BCUT2D eigenvalue weighted by atomic mass is 35.5. The van der Waals surface area contributed by atoms with Crippen LogP contribution in [0.1, 0.15) is 23.2 Å². The zero-order valence-electron chi connectivity index (χ0n) is 9.14. The Morgan fingerprint density at radius 1 is 1.42 bits per heavy atom. The van der Waals surface area contributed by atoms with Crippen LogP contribution >= 0.6 is 11.6 Å². The Labute approximate surface area is 109 Å². The Kier molecular flexibility index (Phi) is 4.89.